The Balaban J connectivity index is 1.88. The van der Waals surface area contributed by atoms with Gasteiger partial charge in [0.2, 0.25) is 11.8 Å². The van der Waals surface area contributed by atoms with E-state index in [-0.39, 0.29) is 36.6 Å². The molecule has 1 aromatic carbocycles. The molecule has 6 nitrogen and oxygen atoms in total. The third-order valence-electron chi connectivity index (χ3n) is 4.49. The van der Waals surface area contributed by atoms with Gasteiger partial charge in [0.05, 0.1) is 24.9 Å². The van der Waals surface area contributed by atoms with E-state index in [2.05, 4.69) is 0 Å². The molecule has 1 aliphatic rings. The summed E-state index contributed by atoms with van der Waals surface area (Å²) in [7, 11) is 0. The van der Waals surface area contributed by atoms with Crippen LogP contribution in [-0.4, -0.2) is 28.7 Å². The van der Waals surface area contributed by atoms with E-state index in [1.54, 1.807) is 36.4 Å². The van der Waals surface area contributed by atoms with Crippen molar-refractivity contribution in [3.8, 4) is 0 Å². The van der Waals surface area contributed by atoms with Crippen molar-refractivity contribution in [2.75, 3.05) is 4.90 Å². The molecule has 0 spiro atoms. The molecule has 1 aliphatic heterocycles. The van der Waals surface area contributed by atoms with E-state index in [0.29, 0.717) is 16.5 Å². The number of carbonyl (C=O) groups is 3. The zero-order valence-corrected chi connectivity index (χ0v) is 16.9. The Labute approximate surface area is 169 Å². The number of amides is 3. The molecule has 0 bridgehead atoms. The van der Waals surface area contributed by atoms with Crippen LogP contribution in [0.5, 0.6) is 0 Å². The summed E-state index contributed by atoms with van der Waals surface area (Å²) < 4.78 is 5.37. The number of benzene rings is 1. The van der Waals surface area contributed by atoms with Crippen molar-refractivity contribution in [3.63, 3.8) is 0 Å². The monoisotopic (exact) mass is 402 g/mol. The van der Waals surface area contributed by atoms with Crippen LogP contribution in [0.1, 0.15) is 39.4 Å². The normalized spacial score (nSPS) is 17.3. The Morgan fingerprint density at radius 3 is 2.46 bits per heavy atom. The fraction of sp³-hybridized carbons (Fsp3) is 0.381. The Kier molecular flexibility index (Phi) is 5.61. The predicted octanol–water partition coefficient (Wildman–Crippen LogP) is 4.03. The van der Waals surface area contributed by atoms with Gasteiger partial charge in [-0.2, -0.15) is 0 Å². The lowest BCUT2D eigenvalue weighted by Crippen LogP contribution is -2.45. The Hall–Kier alpha value is -2.60. The summed E-state index contributed by atoms with van der Waals surface area (Å²) in [5, 5.41) is 0.513. The van der Waals surface area contributed by atoms with E-state index in [9.17, 15) is 14.4 Å². The molecule has 3 amide bonds. The van der Waals surface area contributed by atoms with Gasteiger partial charge in [0.15, 0.2) is 0 Å². The number of anilines is 1. The molecule has 0 radical (unpaired) electrons. The summed E-state index contributed by atoms with van der Waals surface area (Å²) >= 11 is 5.90. The summed E-state index contributed by atoms with van der Waals surface area (Å²) in [6.45, 7) is 6.01. The first-order chi connectivity index (χ1) is 13.2. The van der Waals surface area contributed by atoms with Crippen LogP contribution < -0.4 is 4.90 Å². The van der Waals surface area contributed by atoms with E-state index in [0.717, 1.165) is 4.90 Å². The average molecular weight is 403 g/mol. The van der Waals surface area contributed by atoms with Crippen LogP contribution in [0.3, 0.4) is 0 Å². The largest absolute Gasteiger partial charge is 0.467 e. The molecule has 28 heavy (non-hydrogen) atoms. The predicted molar refractivity (Wildman–Crippen MR) is 106 cm³/mol. The van der Waals surface area contributed by atoms with Crippen LogP contribution >= 0.6 is 11.6 Å². The number of carbonyl (C=O) groups excluding carboxylic acids is 3. The fourth-order valence-electron chi connectivity index (χ4n) is 3.22. The first-order valence-electron chi connectivity index (χ1n) is 9.10. The van der Waals surface area contributed by atoms with Crippen molar-refractivity contribution in [1.29, 1.82) is 0 Å². The van der Waals surface area contributed by atoms with E-state index >= 15 is 0 Å². The minimum Gasteiger partial charge on any atom is -0.467 e. The highest BCUT2D eigenvalue weighted by Crippen LogP contribution is 2.29. The topological polar surface area (TPSA) is 70.8 Å². The van der Waals surface area contributed by atoms with Gasteiger partial charge in [-0.15, -0.1) is 0 Å². The van der Waals surface area contributed by atoms with Crippen molar-refractivity contribution < 1.29 is 18.8 Å². The number of furan rings is 1. The number of nitrogens with zero attached hydrogens (tertiary/aromatic N) is 2. The molecule has 0 N–H and O–H groups in total. The molecule has 1 fully saturated rings. The maximum absolute atomic E-state index is 13.1. The summed E-state index contributed by atoms with van der Waals surface area (Å²) in [5.74, 6) is -0.382. The molecular weight excluding hydrogens is 380 g/mol. The minimum absolute atomic E-state index is 0.0575. The van der Waals surface area contributed by atoms with Gasteiger partial charge < -0.3 is 9.32 Å². The summed E-state index contributed by atoms with van der Waals surface area (Å²) in [5.41, 5.74) is 0.197. The highest BCUT2D eigenvalue weighted by molar-refractivity contribution is 6.30. The molecular formula is C21H23ClN2O4. The zero-order chi connectivity index (χ0) is 20.5. The molecule has 3 rings (SSSR count). The molecule has 2 heterocycles. The van der Waals surface area contributed by atoms with Gasteiger partial charge in [-0.1, -0.05) is 32.4 Å². The van der Waals surface area contributed by atoms with Gasteiger partial charge in [0, 0.05) is 11.4 Å². The van der Waals surface area contributed by atoms with E-state index in [4.69, 9.17) is 16.0 Å². The lowest BCUT2D eigenvalue weighted by atomic mass is 9.91. The van der Waals surface area contributed by atoms with E-state index in [1.807, 2.05) is 20.8 Å². The van der Waals surface area contributed by atoms with Crippen molar-refractivity contribution in [1.82, 2.24) is 4.90 Å². The van der Waals surface area contributed by atoms with Crippen molar-refractivity contribution in [2.24, 2.45) is 5.41 Å². The highest BCUT2D eigenvalue weighted by atomic mass is 35.5. The van der Waals surface area contributed by atoms with Gasteiger partial charge in [0.1, 0.15) is 11.8 Å². The number of halogens is 1. The van der Waals surface area contributed by atoms with Crippen LogP contribution in [0.15, 0.2) is 47.1 Å². The lowest BCUT2D eigenvalue weighted by molar-refractivity contribution is -0.140. The standard InChI is InChI=1S/C21H23ClN2O4/c1-21(2,3)12-19(26)23(13-16-5-4-10-28-16)17-11-18(25)24(20(17)27)15-8-6-14(22)7-9-15/h4-10,17H,11-13H2,1-3H3. The van der Waals surface area contributed by atoms with Crippen LogP contribution in [0.2, 0.25) is 5.02 Å². The molecule has 1 unspecified atom stereocenters. The number of rotatable bonds is 5. The molecule has 1 aromatic heterocycles. The fourth-order valence-corrected chi connectivity index (χ4v) is 3.34. The number of hydrogen-bond donors (Lipinski definition) is 0. The highest BCUT2D eigenvalue weighted by Gasteiger charge is 2.44. The minimum atomic E-state index is -0.858. The Morgan fingerprint density at radius 2 is 1.89 bits per heavy atom. The first kappa shape index (κ1) is 20.1. The number of hydrogen-bond acceptors (Lipinski definition) is 4. The number of imide groups is 1. The van der Waals surface area contributed by atoms with Crippen LogP contribution in [0.4, 0.5) is 5.69 Å². The smallest absolute Gasteiger partial charge is 0.257 e. The summed E-state index contributed by atoms with van der Waals surface area (Å²) in [4.78, 5) is 41.3. The van der Waals surface area contributed by atoms with Crippen LogP contribution in [0.25, 0.3) is 0 Å². The molecule has 7 heteroatoms. The quantitative estimate of drug-likeness (QED) is 0.708. The van der Waals surface area contributed by atoms with Gasteiger partial charge in [-0.05, 0) is 41.8 Å². The Bertz CT molecular complexity index is 869. The average Bonchev–Trinajstić information content (AvgIpc) is 3.20. The van der Waals surface area contributed by atoms with Crippen LogP contribution in [-0.2, 0) is 20.9 Å². The maximum Gasteiger partial charge on any atom is 0.257 e. The van der Waals surface area contributed by atoms with E-state index in [1.165, 1.54) is 11.2 Å². The molecule has 0 saturated carbocycles. The van der Waals surface area contributed by atoms with Crippen LogP contribution in [0, 0.1) is 5.41 Å². The molecule has 1 atom stereocenters. The van der Waals surface area contributed by atoms with E-state index < -0.39 is 11.9 Å². The van der Waals surface area contributed by atoms with Gasteiger partial charge >= 0.3 is 0 Å². The molecule has 2 aromatic rings. The third kappa shape index (κ3) is 4.44. The van der Waals surface area contributed by atoms with Gasteiger partial charge in [-0.3, -0.25) is 14.4 Å². The molecule has 1 saturated heterocycles. The summed E-state index contributed by atoms with van der Waals surface area (Å²) in [6, 6.07) is 9.09. The second-order valence-corrected chi connectivity index (χ2v) is 8.54. The van der Waals surface area contributed by atoms with Crippen molar-refractivity contribution in [2.45, 2.75) is 46.2 Å². The second-order valence-electron chi connectivity index (χ2n) is 8.10. The zero-order valence-electron chi connectivity index (χ0n) is 16.1. The maximum atomic E-state index is 13.1. The molecule has 148 valence electrons. The third-order valence-corrected chi connectivity index (χ3v) is 4.74. The Morgan fingerprint density at radius 1 is 1.21 bits per heavy atom. The van der Waals surface area contributed by atoms with Crippen molar-refractivity contribution >= 4 is 35.0 Å². The van der Waals surface area contributed by atoms with Gasteiger partial charge in [0.25, 0.3) is 5.91 Å². The van der Waals surface area contributed by atoms with Gasteiger partial charge in [-0.25, -0.2) is 4.90 Å². The second kappa shape index (κ2) is 7.80. The summed E-state index contributed by atoms with van der Waals surface area (Å²) in [6.07, 6.45) is 1.72. The van der Waals surface area contributed by atoms with Crippen molar-refractivity contribution in [3.05, 3.63) is 53.4 Å². The molecule has 0 aliphatic carbocycles. The lowest BCUT2D eigenvalue weighted by Gasteiger charge is -2.29. The SMILES string of the molecule is CC(C)(C)CC(=O)N(Cc1ccco1)C1CC(=O)N(c2ccc(Cl)cc2)C1=O. The first-order valence-corrected chi connectivity index (χ1v) is 9.48.